The van der Waals surface area contributed by atoms with E-state index in [2.05, 4.69) is 13.8 Å². The molecule has 2 aromatic carbocycles. The second-order valence-corrected chi connectivity index (χ2v) is 8.31. The van der Waals surface area contributed by atoms with Crippen molar-refractivity contribution in [2.24, 2.45) is 5.92 Å². The molecule has 1 N–H and O–H groups in total. The van der Waals surface area contributed by atoms with Gasteiger partial charge >= 0.3 is 0 Å². The maximum absolute atomic E-state index is 13.1. The Morgan fingerprint density at radius 1 is 1.06 bits per heavy atom. The van der Waals surface area contributed by atoms with Gasteiger partial charge in [0.15, 0.2) is 0 Å². The lowest BCUT2D eigenvalue weighted by atomic mass is 9.94. The number of ketones is 1. The van der Waals surface area contributed by atoms with Gasteiger partial charge in [0.2, 0.25) is 0 Å². The molecule has 0 radical (unpaired) electrons. The molecule has 0 aliphatic carbocycles. The number of hydrogen-bond acceptors (Lipinski definition) is 6. The summed E-state index contributed by atoms with van der Waals surface area (Å²) in [5, 5.41) is 11.2. The molecule has 1 fully saturated rings. The molecule has 176 valence electrons. The first-order chi connectivity index (χ1) is 15.9. The number of rotatable bonds is 10. The summed E-state index contributed by atoms with van der Waals surface area (Å²) in [4.78, 5) is 27.5. The Bertz CT molecular complexity index is 1010. The van der Waals surface area contributed by atoms with Gasteiger partial charge in [0.25, 0.3) is 11.7 Å². The fourth-order valence-electron chi connectivity index (χ4n) is 3.83. The third kappa shape index (κ3) is 5.37. The largest absolute Gasteiger partial charge is 0.507 e. The number of aliphatic hydroxyl groups is 1. The zero-order chi connectivity index (χ0) is 24.0. The number of carbonyl (C=O) groups excluding carboxylic acids is 2. The third-order valence-corrected chi connectivity index (χ3v) is 5.43. The normalized spacial score (nSPS) is 17.6. The van der Waals surface area contributed by atoms with Crippen molar-refractivity contribution in [3.8, 4) is 11.5 Å². The Kier molecular flexibility index (Phi) is 8.11. The summed E-state index contributed by atoms with van der Waals surface area (Å²) in [6.45, 7) is 5.44. The molecule has 2 aromatic rings. The predicted octanol–water partition coefficient (Wildman–Crippen LogP) is 4.19. The van der Waals surface area contributed by atoms with Crippen LogP contribution in [0.2, 0.25) is 0 Å². The maximum Gasteiger partial charge on any atom is 0.295 e. The molecule has 1 aliphatic heterocycles. The van der Waals surface area contributed by atoms with E-state index in [4.69, 9.17) is 14.2 Å². The smallest absolute Gasteiger partial charge is 0.295 e. The monoisotopic (exact) mass is 453 g/mol. The summed E-state index contributed by atoms with van der Waals surface area (Å²) in [7, 11) is 3.12. The van der Waals surface area contributed by atoms with Crippen molar-refractivity contribution >= 4 is 17.4 Å². The van der Waals surface area contributed by atoms with E-state index in [-0.39, 0.29) is 11.3 Å². The Morgan fingerprint density at radius 3 is 2.39 bits per heavy atom. The van der Waals surface area contributed by atoms with E-state index in [9.17, 15) is 14.7 Å². The van der Waals surface area contributed by atoms with Crippen LogP contribution in [0.4, 0.5) is 0 Å². The van der Waals surface area contributed by atoms with E-state index in [0.717, 1.165) is 0 Å². The van der Waals surface area contributed by atoms with E-state index in [1.807, 2.05) is 12.1 Å². The van der Waals surface area contributed by atoms with Crippen LogP contribution in [-0.4, -0.2) is 55.7 Å². The molecule has 1 amide bonds. The molecule has 0 saturated carbocycles. The van der Waals surface area contributed by atoms with Crippen LogP contribution in [-0.2, 0) is 14.3 Å². The fourth-order valence-corrected chi connectivity index (χ4v) is 3.83. The van der Waals surface area contributed by atoms with Crippen molar-refractivity contribution in [2.45, 2.75) is 26.3 Å². The predicted molar refractivity (Wildman–Crippen MR) is 125 cm³/mol. The van der Waals surface area contributed by atoms with Crippen LogP contribution in [0.25, 0.3) is 5.76 Å². The molecule has 7 nitrogen and oxygen atoms in total. The second kappa shape index (κ2) is 11.0. The molecule has 1 saturated heterocycles. The highest BCUT2D eigenvalue weighted by atomic mass is 16.5. The number of Topliss-reactive ketones (excluding diaryl/α,β-unsaturated/α-hetero) is 1. The zero-order valence-corrected chi connectivity index (χ0v) is 19.5. The topological polar surface area (TPSA) is 85.3 Å². The maximum atomic E-state index is 13.1. The number of aliphatic hydroxyl groups excluding tert-OH is 1. The second-order valence-electron chi connectivity index (χ2n) is 8.31. The van der Waals surface area contributed by atoms with Crippen molar-refractivity contribution in [1.82, 2.24) is 4.90 Å². The standard InChI is InChI=1S/C26H31NO6/c1-17(2)16-33-19-12-10-18(11-13-19)24(28)22-23(20-8-5-6-9-21(20)32-4)27(14-7-15-31-3)26(30)25(22)29/h5-6,8-13,17,23,28H,7,14-16H2,1-4H3. The van der Waals surface area contributed by atoms with Crippen LogP contribution in [0.5, 0.6) is 11.5 Å². The van der Waals surface area contributed by atoms with Crippen molar-refractivity contribution < 1.29 is 28.9 Å². The Labute approximate surface area is 194 Å². The van der Waals surface area contributed by atoms with Gasteiger partial charge in [0.05, 0.1) is 25.3 Å². The number of amides is 1. The van der Waals surface area contributed by atoms with Gasteiger partial charge in [-0.2, -0.15) is 0 Å². The molecule has 0 spiro atoms. The van der Waals surface area contributed by atoms with Crippen molar-refractivity contribution in [3.63, 3.8) is 0 Å². The molecule has 1 unspecified atom stereocenters. The van der Waals surface area contributed by atoms with Gasteiger partial charge in [0.1, 0.15) is 17.3 Å². The van der Waals surface area contributed by atoms with Gasteiger partial charge in [-0.05, 0) is 42.7 Å². The lowest BCUT2D eigenvalue weighted by Gasteiger charge is -2.26. The lowest BCUT2D eigenvalue weighted by molar-refractivity contribution is -0.140. The van der Waals surface area contributed by atoms with Gasteiger partial charge in [0, 0.05) is 31.4 Å². The minimum atomic E-state index is -0.769. The highest BCUT2D eigenvalue weighted by Crippen LogP contribution is 2.42. The third-order valence-electron chi connectivity index (χ3n) is 5.43. The Balaban J connectivity index is 2.05. The highest BCUT2D eigenvalue weighted by Gasteiger charge is 2.46. The van der Waals surface area contributed by atoms with Crippen LogP contribution in [0.3, 0.4) is 0 Å². The van der Waals surface area contributed by atoms with Crippen LogP contribution >= 0.6 is 0 Å². The van der Waals surface area contributed by atoms with Crippen molar-refractivity contribution in [2.75, 3.05) is 34.0 Å². The molecule has 1 aliphatic rings. The first-order valence-electron chi connectivity index (χ1n) is 11.0. The van der Waals surface area contributed by atoms with Gasteiger partial charge in [-0.25, -0.2) is 0 Å². The number of nitrogens with zero attached hydrogens (tertiary/aromatic N) is 1. The van der Waals surface area contributed by atoms with Crippen LogP contribution in [0, 0.1) is 5.92 Å². The first-order valence-corrected chi connectivity index (χ1v) is 11.0. The summed E-state index contributed by atoms with van der Waals surface area (Å²) < 4.78 is 16.3. The Hall–Kier alpha value is -3.32. The number of benzene rings is 2. The van der Waals surface area contributed by atoms with Gasteiger partial charge in [-0.15, -0.1) is 0 Å². The highest BCUT2D eigenvalue weighted by molar-refractivity contribution is 6.46. The molecule has 33 heavy (non-hydrogen) atoms. The number of likely N-dealkylation sites (tertiary alicyclic amines) is 1. The molecule has 1 heterocycles. The summed E-state index contributed by atoms with van der Waals surface area (Å²) >= 11 is 0. The van der Waals surface area contributed by atoms with E-state index in [1.165, 1.54) is 12.0 Å². The zero-order valence-electron chi connectivity index (χ0n) is 19.5. The Morgan fingerprint density at radius 2 is 1.76 bits per heavy atom. The molecule has 1 atom stereocenters. The molecular weight excluding hydrogens is 422 g/mol. The number of carbonyl (C=O) groups is 2. The van der Waals surface area contributed by atoms with E-state index in [0.29, 0.717) is 54.7 Å². The van der Waals surface area contributed by atoms with Crippen LogP contribution in [0.15, 0.2) is 54.1 Å². The summed E-state index contributed by atoms with van der Waals surface area (Å²) in [5.41, 5.74) is 1.11. The molecule has 0 aromatic heterocycles. The first kappa shape index (κ1) is 24.3. The average Bonchev–Trinajstić information content (AvgIpc) is 3.07. The number of hydrogen-bond donors (Lipinski definition) is 1. The van der Waals surface area contributed by atoms with Gasteiger partial charge < -0.3 is 24.2 Å². The van der Waals surface area contributed by atoms with Gasteiger partial charge in [-0.3, -0.25) is 9.59 Å². The number of ether oxygens (including phenoxy) is 3. The minimum absolute atomic E-state index is 0.0396. The van der Waals surface area contributed by atoms with Crippen molar-refractivity contribution in [1.29, 1.82) is 0 Å². The minimum Gasteiger partial charge on any atom is -0.507 e. The van der Waals surface area contributed by atoms with Crippen molar-refractivity contribution in [3.05, 3.63) is 65.2 Å². The average molecular weight is 454 g/mol. The van der Waals surface area contributed by atoms with Crippen LogP contribution in [0.1, 0.15) is 37.4 Å². The number of para-hydroxylation sites is 1. The lowest BCUT2D eigenvalue weighted by Crippen LogP contribution is -2.31. The molecule has 0 bridgehead atoms. The van der Waals surface area contributed by atoms with Gasteiger partial charge in [-0.1, -0.05) is 32.0 Å². The molecule has 3 rings (SSSR count). The van der Waals surface area contributed by atoms with E-state index < -0.39 is 17.7 Å². The number of methoxy groups -OCH3 is 2. The SMILES string of the molecule is COCCCN1C(=O)C(=O)C(=C(O)c2ccc(OCC(C)C)cc2)C1c1ccccc1OC. The van der Waals surface area contributed by atoms with E-state index >= 15 is 0 Å². The molecular formula is C26H31NO6. The summed E-state index contributed by atoms with van der Waals surface area (Å²) in [6.07, 6.45) is 0.553. The quantitative estimate of drug-likeness (QED) is 0.251. The van der Waals surface area contributed by atoms with E-state index in [1.54, 1.807) is 43.5 Å². The fraction of sp³-hybridized carbons (Fsp3) is 0.385. The summed E-state index contributed by atoms with van der Waals surface area (Å²) in [5.74, 6) is -0.0191. The summed E-state index contributed by atoms with van der Waals surface area (Å²) in [6, 6.07) is 13.3. The van der Waals surface area contributed by atoms with Crippen LogP contribution < -0.4 is 9.47 Å². The molecule has 7 heteroatoms.